The van der Waals surface area contributed by atoms with Crippen LogP contribution in [0.2, 0.25) is 0 Å². The Hall–Kier alpha value is -7.58. The van der Waals surface area contributed by atoms with Gasteiger partial charge in [0.15, 0.2) is 0 Å². The van der Waals surface area contributed by atoms with Crippen LogP contribution in [-0.4, -0.2) is 170 Å². The zero-order valence-corrected chi connectivity index (χ0v) is 50.4. The summed E-state index contributed by atoms with van der Waals surface area (Å²) >= 11 is 0. The fraction of sp³-hybridized carbons (Fsp3) is 0.500. The lowest BCUT2D eigenvalue weighted by Gasteiger charge is -2.37. The lowest BCUT2D eigenvalue weighted by atomic mass is 9.85. The molecule has 0 spiro atoms. The van der Waals surface area contributed by atoms with E-state index in [1.54, 1.807) is 120 Å². The van der Waals surface area contributed by atoms with E-state index < -0.39 is 46.8 Å². The van der Waals surface area contributed by atoms with E-state index in [0.717, 1.165) is 22.3 Å². The van der Waals surface area contributed by atoms with Gasteiger partial charge in [-0.3, -0.25) is 38.4 Å². The number of halogens is 2. The zero-order chi connectivity index (χ0) is 61.5. The van der Waals surface area contributed by atoms with Crippen molar-refractivity contribution in [1.82, 2.24) is 51.5 Å². The minimum Gasteiger partial charge on any atom is -0.343 e. The number of carbonyl (C=O) groups is 8. The second-order valence-corrected chi connectivity index (χ2v) is 24.2. The van der Waals surface area contributed by atoms with Crippen molar-refractivity contribution in [3.8, 4) is 11.1 Å². The van der Waals surface area contributed by atoms with Crippen molar-refractivity contribution >= 4 is 47.3 Å². The predicted molar refractivity (Wildman–Crippen MR) is 319 cm³/mol. The van der Waals surface area contributed by atoms with E-state index in [1.165, 1.54) is 24.3 Å². The molecular formula is C64H86F2N10O8. The first-order valence-electron chi connectivity index (χ1n) is 29.2. The molecule has 0 unspecified atom stereocenters. The summed E-state index contributed by atoms with van der Waals surface area (Å²) in [4.78, 5) is 116. The first-order valence-corrected chi connectivity index (χ1v) is 29.2. The molecule has 6 N–H and O–H groups in total. The molecule has 2 heterocycles. The third kappa shape index (κ3) is 18.2. The molecule has 0 aromatic heterocycles. The minimum absolute atomic E-state index is 0.190. The van der Waals surface area contributed by atoms with Gasteiger partial charge in [-0.25, -0.2) is 8.78 Å². The number of benzene rings is 4. The molecule has 2 aliphatic heterocycles. The molecule has 8 amide bonds. The Labute approximate surface area is 493 Å². The number of likely N-dealkylation sites (tertiary alicyclic amines) is 2. The Balaban J connectivity index is 1.07. The maximum Gasteiger partial charge on any atom is 0.251 e. The first kappa shape index (κ1) is 65.6. The fourth-order valence-corrected chi connectivity index (χ4v) is 10.4. The average Bonchev–Trinajstić information content (AvgIpc) is 3.73. The van der Waals surface area contributed by atoms with Crippen molar-refractivity contribution in [2.24, 2.45) is 10.8 Å². The molecule has 4 aromatic carbocycles. The lowest BCUT2D eigenvalue weighted by molar-refractivity contribution is -0.142. The third-order valence-electron chi connectivity index (χ3n) is 15.9. The van der Waals surface area contributed by atoms with Gasteiger partial charge >= 0.3 is 0 Å². The molecule has 454 valence electrons. The van der Waals surface area contributed by atoms with Crippen LogP contribution in [0, 0.1) is 22.5 Å². The number of likely N-dealkylation sites (N-methyl/N-ethyl adjacent to an activating group) is 2. The van der Waals surface area contributed by atoms with Gasteiger partial charge in [0.2, 0.25) is 35.4 Å². The molecule has 0 aliphatic carbocycles. The molecule has 2 fully saturated rings. The molecule has 4 aromatic rings. The Bertz CT molecular complexity index is 2720. The molecule has 18 nitrogen and oxygen atoms in total. The van der Waals surface area contributed by atoms with Crippen LogP contribution in [0.4, 0.5) is 8.78 Å². The molecule has 20 heteroatoms. The molecule has 6 atom stereocenters. The van der Waals surface area contributed by atoms with Crippen LogP contribution >= 0.6 is 0 Å². The Morgan fingerprint density at radius 2 is 0.857 bits per heavy atom. The van der Waals surface area contributed by atoms with Crippen LogP contribution in [-0.2, 0) is 41.6 Å². The van der Waals surface area contributed by atoms with Crippen molar-refractivity contribution < 1.29 is 47.1 Å². The molecule has 2 saturated heterocycles. The summed E-state index contributed by atoms with van der Waals surface area (Å²) in [5.41, 5.74) is 2.50. The highest BCUT2D eigenvalue weighted by Crippen LogP contribution is 2.29. The summed E-state index contributed by atoms with van der Waals surface area (Å²) in [6, 6.07) is 22.2. The summed E-state index contributed by atoms with van der Waals surface area (Å²) in [6.45, 7) is 15.9. The number of carbonyl (C=O) groups excluding carboxylic acids is 8. The summed E-state index contributed by atoms with van der Waals surface area (Å²) in [6.07, 6.45) is 3.49. The van der Waals surface area contributed by atoms with Gasteiger partial charge in [-0.05, 0) is 148 Å². The van der Waals surface area contributed by atoms with E-state index in [-0.39, 0.29) is 98.4 Å². The molecule has 0 radical (unpaired) electrons. The fourth-order valence-electron chi connectivity index (χ4n) is 10.4. The second kappa shape index (κ2) is 29.8. The summed E-state index contributed by atoms with van der Waals surface area (Å²) < 4.78 is 27.6. The van der Waals surface area contributed by atoms with Crippen LogP contribution in [0.25, 0.3) is 11.1 Å². The van der Waals surface area contributed by atoms with Crippen molar-refractivity contribution in [3.63, 3.8) is 0 Å². The van der Waals surface area contributed by atoms with Gasteiger partial charge in [0, 0.05) is 62.5 Å². The van der Waals surface area contributed by atoms with E-state index in [9.17, 15) is 47.1 Å². The third-order valence-corrected chi connectivity index (χ3v) is 15.9. The highest BCUT2D eigenvalue weighted by atomic mass is 19.1. The van der Waals surface area contributed by atoms with Crippen molar-refractivity contribution in [2.75, 3.05) is 66.5 Å². The number of rotatable bonds is 25. The standard InChI is InChI=1S/C64H86F2N10O8/c1-41(67-9)57(79)71-55(63(3,4)5)61(83)75-33-11-13-51(75)39-73(35-31-43-15-27-49(65)28-16-43)53(77)37-69-59(81)47-23-19-45(20-24-47)46-21-25-48(26-22-46)60(82)70-38-54(78)74(36-32-44-17-29-50(66)30-18-44)40-52-14-12-34-76(52)62(84)56(64(6,7)8)72-58(80)42(2)68-10/h15-30,41-42,51-52,55-56,67-68H,11-14,31-40H2,1-10H3,(H,69,81)(H,70,82)(H,71,79)(H,72,80)/t41-,42-,51-,52+,55+,56+/m0/s1. The number of nitrogens with zero attached hydrogens (tertiary/aromatic N) is 4. The first-order chi connectivity index (χ1) is 39.8. The van der Waals surface area contributed by atoms with Crippen LogP contribution < -0.4 is 31.9 Å². The molecule has 6 rings (SSSR count). The van der Waals surface area contributed by atoms with Crippen molar-refractivity contribution in [3.05, 3.63) is 131 Å². The number of hydrogen-bond donors (Lipinski definition) is 6. The predicted octanol–water partition coefficient (Wildman–Crippen LogP) is 5.49. The van der Waals surface area contributed by atoms with E-state index in [4.69, 9.17) is 0 Å². The minimum atomic E-state index is -0.817. The van der Waals surface area contributed by atoms with Gasteiger partial charge < -0.3 is 51.5 Å². The van der Waals surface area contributed by atoms with Crippen LogP contribution in [0.15, 0.2) is 97.1 Å². The second-order valence-electron chi connectivity index (χ2n) is 24.2. The SMILES string of the molecule is CN[C@@H](C)C(=O)N[C@H](C(=O)N1CCC[C@@H]1CN(CCc1ccc(F)cc1)C(=O)CNC(=O)c1ccc(-c2ccc(C(=O)NCC(=O)N(CCc3ccc(F)cc3)C[C@@H]3CCCN3C(=O)[C@@H](NC(=O)[C@H](C)NC)C(C)(C)C)cc2)cc1)C(C)(C)C. The normalized spacial score (nSPS) is 16.7. The van der Waals surface area contributed by atoms with Gasteiger partial charge in [0.1, 0.15) is 23.7 Å². The zero-order valence-electron chi connectivity index (χ0n) is 50.4. The van der Waals surface area contributed by atoms with Gasteiger partial charge in [-0.15, -0.1) is 0 Å². The Kier molecular flexibility index (Phi) is 23.3. The maximum atomic E-state index is 14.2. The van der Waals surface area contributed by atoms with Crippen LogP contribution in [0.5, 0.6) is 0 Å². The van der Waals surface area contributed by atoms with E-state index >= 15 is 0 Å². The smallest absolute Gasteiger partial charge is 0.251 e. The van der Waals surface area contributed by atoms with Gasteiger partial charge in [-0.1, -0.05) is 90.1 Å². The Morgan fingerprint density at radius 1 is 0.524 bits per heavy atom. The summed E-state index contributed by atoms with van der Waals surface area (Å²) in [5.74, 6) is -3.52. The number of nitrogens with one attached hydrogen (secondary N) is 6. The largest absolute Gasteiger partial charge is 0.343 e. The molecule has 84 heavy (non-hydrogen) atoms. The van der Waals surface area contributed by atoms with Gasteiger partial charge in [0.25, 0.3) is 11.8 Å². The van der Waals surface area contributed by atoms with E-state index in [0.29, 0.717) is 62.7 Å². The average molecular weight is 1160 g/mol. The molecule has 0 bridgehead atoms. The molecular weight excluding hydrogens is 1070 g/mol. The number of hydrogen-bond acceptors (Lipinski definition) is 10. The van der Waals surface area contributed by atoms with Crippen molar-refractivity contribution in [2.45, 2.75) is 130 Å². The summed E-state index contributed by atoms with van der Waals surface area (Å²) in [5, 5.41) is 17.2. The van der Waals surface area contributed by atoms with Crippen molar-refractivity contribution in [1.29, 1.82) is 0 Å². The van der Waals surface area contributed by atoms with Crippen LogP contribution in [0.1, 0.15) is 113 Å². The summed E-state index contributed by atoms with van der Waals surface area (Å²) in [7, 11) is 3.34. The van der Waals surface area contributed by atoms with E-state index in [2.05, 4.69) is 31.9 Å². The maximum absolute atomic E-state index is 14.2. The molecule has 2 aliphatic rings. The van der Waals surface area contributed by atoms with Gasteiger partial charge in [0.05, 0.1) is 25.2 Å². The monoisotopic (exact) mass is 1160 g/mol. The van der Waals surface area contributed by atoms with E-state index in [1.807, 2.05) is 41.5 Å². The van der Waals surface area contributed by atoms with Gasteiger partial charge in [-0.2, -0.15) is 0 Å². The highest BCUT2D eigenvalue weighted by molar-refractivity contribution is 5.98. The lowest BCUT2D eigenvalue weighted by Crippen LogP contribution is -2.59. The molecule has 0 saturated carbocycles. The Morgan fingerprint density at radius 3 is 1.17 bits per heavy atom. The van der Waals surface area contributed by atoms with Crippen LogP contribution in [0.3, 0.4) is 0 Å². The highest BCUT2D eigenvalue weighted by Gasteiger charge is 2.43. The topological polar surface area (TPSA) is 222 Å². The number of amides is 8. The quantitative estimate of drug-likeness (QED) is 0.0490.